The van der Waals surface area contributed by atoms with Gasteiger partial charge >= 0.3 is 0 Å². The zero-order valence-corrected chi connectivity index (χ0v) is 10.7. The van der Waals surface area contributed by atoms with E-state index in [1.165, 1.54) is 6.92 Å². The van der Waals surface area contributed by atoms with E-state index in [1.807, 2.05) is 0 Å². The molecule has 3 N–H and O–H groups in total. The van der Waals surface area contributed by atoms with Gasteiger partial charge < -0.3 is 15.5 Å². The maximum Gasteiger partial charge on any atom is 0.0742 e. The number of aliphatic hydroxyl groups excluding tert-OH is 2. The molecule has 0 fully saturated rings. The van der Waals surface area contributed by atoms with Crippen molar-refractivity contribution in [3.63, 3.8) is 0 Å². The summed E-state index contributed by atoms with van der Waals surface area (Å²) in [5.41, 5.74) is 0.469. The SMILES string of the molecule is CC(C)(C)NC(C)(C)C.CC(O)CO. The maximum atomic E-state index is 8.11. The lowest BCUT2D eigenvalue weighted by atomic mass is 10.0. The van der Waals surface area contributed by atoms with Gasteiger partial charge in [0.25, 0.3) is 0 Å². The molecule has 14 heavy (non-hydrogen) atoms. The molecule has 0 aliphatic heterocycles. The predicted octanol–water partition coefficient (Wildman–Crippen LogP) is 1.53. The van der Waals surface area contributed by atoms with Gasteiger partial charge in [-0.1, -0.05) is 0 Å². The Morgan fingerprint density at radius 3 is 1.21 bits per heavy atom. The Bertz CT molecular complexity index is 119. The van der Waals surface area contributed by atoms with Crippen LogP contribution in [0.1, 0.15) is 48.5 Å². The third-order valence-corrected chi connectivity index (χ3v) is 1.01. The molecule has 0 bridgehead atoms. The van der Waals surface area contributed by atoms with Crippen LogP contribution in [0, 0.1) is 0 Å². The van der Waals surface area contributed by atoms with Crippen molar-refractivity contribution in [1.29, 1.82) is 0 Å². The Labute approximate surface area is 88.5 Å². The van der Waals surface area contributed by atoms with E-state index < -0.39 is 6.10 Å². The number of hydrogen-bond acceptors (Lipinski definition) is 3. The van der Waals surface area contributed by atoms with Crippen molar-refractivity contribution in [1.82, 2.24) is 5.32 Å². The highest BCUT2D eigenvalue weighted by Crippen LogP contribution is 2.08. The van der Waals surface area contributed by atoms with Gasteiger partial charge in [0.15, 0.2) is 0 Å². The van der Waals surface area contributed by atoms with Gasteiger partial charge in [-0.3, -0.25) is 0 Å². The average molecular weight is 205 g/mol. The van der Waals surface area contributed by atoms with E-state index in [0.717, 1.165) is 0 Å². The third kappa shape index (κ3) is 22.6. The quantitative estimate of drug-likeness (QED) is 0.608. The Morgan fingerprint density at radius 1 is 1.00 bits per heavy atom. The molecular formula is C11H27NO2. The average Bonchev–Trinajstić information content (AvgIpc) is 1.80. The molecule has 0 aromatic rings. The third-order valence-electron chi connectivity index (χ3n) is 1.01. The number of aliphatic hydroxyl groups is 2. The summed E-state index contributed by atoms with van der Waals surface area (Å²) >= 11 is 0. The molecule has 88 valence electrons. The van der Waals surface area contributed by atoms with E-state index in [0.29, 0.717) is 0 Å². The van der Waals surface area contributed by atoms with Crippen LogP contribution in [-0.2, 0) is 0 Å². The normalized spacial score (nSPS) is 14.4. The minimum atomic E-state index is -0.560. The predicted molar refractivity (Wildman–Crippen MR) is 61.4 cm³/mol. The first kappa shape index (κ1) is 16.3. The lowest BCUT2D eigenvalue weighted by Crippen LogP contribution is -2.48. The van der Waals surface area contributed by atoms with Gasteiger partial charge in [0.1, 0.15) is 0 Å². The molecule has 0 aliphatic carbocycles. The highest BCUT2D eigenvalue weighted by atomic mass is 16.3. The minimum Gasteiger partial charge on any atom is -0.394 e. The molecular weight excluding hydrogens is 178 g/mol. The van der Waals surface area contributed by atoms with Crippen molar-refractivity contribution in [2.75, 3.05) is 6.61 Å². The van der Waals surface area contributed by atoms with Crippen molar-refractivity contribution in [2.24, 2.45) is 0 Å². The zero-order valence-electron chi connectivity index (χ0n) is 10.7. The maximum absolute atomic E-state index is 8.11. The molecule has 0 heterocycles. The Balaban J connectivity index is 0. The monoisotopic (exact) mass is 205 g/mol. The summed E-state index contributed by atoms with van der Waals surface area (Å²) in [6.07, 6.45) is -0.560. The lowest BCUT2D eigenvalue weighted by Gasteiger charge is -2.31. The molecule has 0 saturated heterocycles. The molecule has 0 aromatic carbocycles. The van der Waals surface area contributed by atoms with Crippen LogP contribution >= 0.6 is 0 Å². The van der Waals surface area contributed by atoms with Crippen LogP contribution in [0.2, 0.25) is 0 Å². The molecule has 0 radical (unpaired) electrons. The van der Waals surface area contributed by atoms with Crippen LogP contribution in [-0.4, -0.2) is 34.0 Å². The van der Waals surface area contributed by atoms with E-state index in [4.69, 9.17) is 10.2 Å². The number of rotatable bonds is 1. The molecule has 3 heteroatoms. The molecule has 0 aliphatic rings. The van der Waals surface area contributed by atoms with E-state index in [-0.39, 0.29) is 17.7 Å². The summed E-state index contributed by atoms with van der Waals surface area (Å²) < 4.78 is 0. The van der Waals surface area contributed by atoms with Gasteiger partial charge in [0, 0.05) is 11.1 Å². The van der Waals surface area contributed by atoms with E-state index in [1.54, 1.807) is 0 Å². The van der Waals surface area contributed by atoms with E-state index in [9.17, 15) is 0 Å². The lowest BCUT2D eigenvalue weighted by molar-refractivity contribution is 0.110. The highest BCUT2D eigenvalue weighted by Gasteiger charge is 2.17. The molecule has 0 spiro atoms. The molecule has 0 saturated carbocycles. The van der Waals surface area contributed by atoms with Crippen LogP contribution in [0.25, 0.3) is 0 Å². The van der Waals surface area contributed by atoms with Crippen LogP contribution in [0.3, 0.4) is 0 Å². The molecule has 1 unspecified atom stereocenters. The molecule has 1 atom stereocenters. The first-order valence-corrected chi connectivity index (χ1v) is 5.06. The van der Waals surface area contributed by atoms with E-state index in [2.05, 4.69) is 46.9 Å². The fraction of sp³-hybridized carbons (Fsp3) is 1.00. The Hall–Kier alpha value is -0.120. The van der Waals surface area contributed by atoms with Crippen LogP contribution < -0.4 is 5.32 Å². The molecule has 3 nitrogen and oxygen atoms in total. The summed E-state index contributed by atoms with van der Waals surface area (Å²) in [7, 11) is 0. The second-order valence-corrected chi connectivity index (χ2v) is 5.66. The summed E-state index contributed by atoms with van der Waals surface area (Å²) in [5.74, 6) is 0. The van der Waals surface area contributed by atoms with Gasteiger partial charge in [-0.2, -0.15) is 0 Å². The Morgan fingerprint density at radius 2 is 1.21 bits per heavy atom. The topological polar surface area (TPSA) is 52.5 Å². The fourth-order valence-corrected chi connectivity index (χ4v) is 1.12. The largest absolute Gasteiger partial charge is 0.394 e. The standard InChI is InChI=1S/C8H19N.C3H8O2/c1-7(2,3)9-8(4,5)6;1-3(5)2-4/h9H,1-6H3;3-5H,2H2,1H3. The van der Waals surface area contributed by atoms with Crippen molar-refractivity contribution in [2.45, 2.75) is 65.6 Å². The smallest absolute Gasteiger partial charge is 0.0742 e. The van der Waals surface area contributed by atoms with Crippen molar-refractivity contribution in [3.05, 3.63) is 0 Å². The first-order chi connectivity index (χ1) is 5.98. The van der Waals surface area contributed by atoms with Gasteiger partial charge in [0.2, 0.25) is 0 Å². The van der Waals surface area contributed by atoms with E-state index >= 15 is 0 Å². The number of hydrogen-bond donors (Lipinski definition) is 3. The highest BCUT2D eigenvalue weighted by molar-refractivity contribution is 4.80. The molecule has 0 amide bonds. The second kappa shape index (κ2) is 6.38. The summed E-state index contributed by atoms with van der Waals surface area (Å²) in [5, 5.41) is 19.5. The summed E-state index contributed by atoms with van der Waals surface area (Å²) in [6.45, 7) is 14.5. The Kier molecular flexibility index (Phi) is 7.43. The van der Waals surface area contributed by atoms with Crippen molar-refractivity contribution < 1.29 is 10.2 Å². The van der Waals surface area contributed by atoms with Gasteiger partial charge in [0.05, 0.1) is 12.7 Å². The summed E-state index contributed by atoms with van der Waals surface area (Å²) in [4.78, 5) is 0. The van der Waals surface area contributed by atoms with Gasteiger partial charge in [-0.15, -0.1) is 0 Å². The zero-order chi connectivity index (χ0) is 12.0. The van der Waals surface area contributed by atoms with Crippen molar-refractivity contribution in [3.8, 4) is 0 Å². The van der Waals surface area contributed by atoms with Crippen LogP contribution in [0.15, 0.2) is 0 Å². The minimum absolute atomic E-state index is 0.139. The van der Waals surface area contributed by atoms with Gasteiger partial charge in [-0.05, 0) is 48.5 Å². The summed E-state index contributed by atoms with van der Waals surface area (Å²) in [6, 6.07) is 0. The van der Waals surface area contributed by atoms with Crippen molar-refractivity contribution >= 4 is 0 Å². The number of nitrogens with one attached hydrogen (secondary N) is 1. The molecule has 0 aromatic heterocycles. The van der Waals surface area contributed by atoms with Crippen LogP contribution in [0.4, 0.5) is 0 Å². The fourth-order valence-electron chi connectivity index (χ4n) is 1.12. The molecule has 0 rings (SSSR count). The van der Waals surface area contributed by atoms with Crippen LogP contribution in [0.5, 0.6) is 0 Å². The second-order valence-electron chi connectivity index (χ2n) is 5.66. The first-order valence-electron chi connectivity index (χ1n) is 5.06. The van der Waals surface area contributed by atoms with Gasteiger partial charge in [-0.25, -0.2) is 0 Å².